The second kappa shape index (κ2) is 6.05. The molecule has 14 heavy (non-hydrogen) atoms. The molecule has 0 aliphatic heterocycles. The molecular weight excluding hydrogens is 196 g/mol. The molecule has 1 atom stereocenters. The number of benzene rings is 1. The fourth-order valence-corrected chi connectivity index (χ4v) is 1.67. The summed E-state index contributed by atoms with van der Waals surface area (Å²) in [6.07, 6.45) is 3.90. The van der Waals surface area contributed by atoms with Gasteiger partial charge in [0.05, 0.1) is 6.10 Å². The summed E-state index contributed by atoms with van der Waals surface area (Å²) in [5.74, 6) is 0. The van der Waals surface area contributed by atoms with Gasteiger partial charge in [-0.2, -0.15) is 0 Å². The van der Waals surface area contributed by atoms with E-state index in [-0.39, 0.29) is 6.10 Å². The molecule has 0 aliphatic rings. The molecule has 1 rings (SSSR count). The van der Waals surface area contributed by atoms with E-state index >= 15 is 0 Å². The molecule has 1 N–H and O–H groups in total. The van der Waals surface area contributed by atoms with E-state index in [4.69, 9.17) is 11.6 Å². The summed E-state index contributed by atoms with van der Waals surface area (Å²) in [6, 6.07) is 7.45. The maximum atomic E-state index is 9.81. The molecule has 0 unspecified atom stereocenters. The zero-order valence-electron chi connectivity index (χ0n) is 8.54. The summed E-state index contributed by atoms with van der Waals surface area (Å²) in [6.45, 7) is 2.16. The van der Waals surface area contributed by atoms with Crippen molar-refractivity contribution in [3.8, 4) is 0 Å². The molecule has 0 saturated carbocycles. The van der Waals surface area contributed by atoms with Crippen LogP contribution in [0.2, 0.25) is 5.02 Å². The van der Waals surface area contributed by atoms with Crippen molar-refractivity contribution in [3.05, 3.63) is 34.9 Å². The second-order valence-electron chi connectivity index (χ2n) is 3.57. The summed E-state index contributed by atoms with van der Waals surface area (Å²) in [7, 11) is 0. The van der Waals surface area contributed by atoms with Crippen molar-refractivity contribution in [3.63, 3.8) is 0 Å². The van der Waals surface area contributed by atoms with Gasteiger partial charge in [0.2, 0.25) is 0 Å². The van der Waals surface area contributed by atoms with Gasteiger partial charge in [-0.1, -0.05) is 49.9 Å². The van der Waals surface area contributed by atoms with Gasteiger partial charge in [0.15, 0.2) is 0 Å². The van der Waals surface area contributed by atoms with Crippen LogP contribution in [0, 0.1) is 0 Å². The summed E-state index contributed by atoms with van der Waals surface area (Å²) >= 11 is 5.84. The molecule has 0 aliphatic carbocycles. The first-order valence-corrected chi connectivity index (χ1v) is 5.55. The van der Waals surface area contributed by atoms with Crippen LogP contribution < -0.4 is 0 Å². The number of hydrogen-bond donors (Lipinski definition) is 1. The van der Waals surface area contributed by atoms with Crippen LogP contribution in [0.4, 0.5) is 0 Å². The molecule has 1 aromatic rings. The van der Waals surface area contributed by atoms with Gasteiger partial charge in [-0.15, -0.1) is 0 Å². The molecule has 0 bridgehead atoms. The number of hydrogen-bond acceptors (Lipinski definition) is 1. The van der Waals surface area contributed by atoms with Gasteiger partial charge in [0, 0.05) is 5.02 Å². The van der Waals surface area contributed by atoms with E-state index in [1.54, 1.807) is 0 Å². The predicted octanol–water partition coefficient (Wildman–Crippen LogP) is 3.95. The average molecular weight is 213 g/mol. The Bertz CT molecular complexity index is 273. The van der Waals surface area contributed by atoms with Gasteiger partial charge >= 0.3 is 0 Å². The molecule has 0 saturated heterocycles. The van der Waals surface area contributed by atoms with E-state index in [0.29, 0.717) is 5.02 Å². The summed E-state index contributed by atoms with van der Waals surface area (Å²) in [4.78, 5) is 0. The van der Waals surface area contributed by atoms with Crippen LogP contribution in [0.3, 0.4) is 0 Å². The minimum Gasteiger partial charge on any atom is -0.388 e. The lowest BCUT2D eigenvalue weighted by Gasteiger charge is -2.10. The minimum absolute atomic E-state index is 0.361. The third-order valence-electron chi connectivity index (χ3n) is 2.31. The number of halogens is 1. The lowest BCUT2D eigenvalue weighted by atomic mass is 10.0. The quantitative estimate of drug-likeness (QED) is 0.733. The number of aliphatic hydroxyl groups is 1. The lowest BCUT2D eigenvalue weighted by molar-refractivity contribution is 0.163. The predicted molar refractivity (Wildman–Crippen MR) is 60.6 cm³/mol. The van der Waals surface area contributed by atoms with Crippen molar-refractivity contribution in [1.82, 2.24) is 0 Å². The zero-order valence-corrected chi connectivity index (χ0v) is 9.30. The Labute approximate surface area is 90.7 Å². The molecule has 0 radical (unpaired) electrons. The maximum absolute atomic E-state index is 9.81. The first kappa shape index (κ1) is 11.5. The lowest BCUT2D eigenvalue weighted by Crippen LogP contribution is -1.96. The van der Waals surface area contributed by atoms with Gasteiger partial charge in [-0.25, -0.2) is 0 Å². The Kier molecular flexibility index (Phi) is 4.99. The normalized spacial score (nSPS) is 12.8. The van der Waals surface area contributed by atoms with E-state index < -0.39 is 0 Å². The summed E-state index contributed by atoms with van der Waals surface area (Å²) in [5.41, 5.74) is 0.925. The molecular formula is C12H17ClO. The molecule has 1 nitrogen and oxygen atoms in total. The van der Waals surface area contributed by atoms with Crippen molar-refractivity contribution in [2.75, 3.05) is 0 Å². The Morgan fingerprint density at radius 1 is 1.36 bits per heavy atom. The Balaban J connectivity index is 2.47. The van der Waals surface area contributed by atoms with E-state index in [1.807, 2.05) is 24.3 Å². The zero-order chi connectivity index (χ0) is 10.4. The van der Waals surface area contributed by atoms with Crippen LogP contribution in [0.1, 0.15) is 44.3 Å². The van der Waals surface area contributed by atoms with Crippen molar-refractivity contribution < 1.29 is 5.11 Å². The first-order chi connectivity index (χ1) is 6.74. The molecule has 78 valence electrons. The van der Waals surface area contributed by atoms with Crippen LogP contribution in [0.15, 0.2) is 24.3 Å². The van der Waals surface area contributed by atoms with Gasteiger partial charge in [0.25, 0.3) is 0 Å². The van der Waals surface area contributed by atoms with Crippen molar-refractivity contribution in [2.24, 2.45) is 0 Å². The summed E-state index contributed by atoms with van der Waals surface area (Å²) < 4.78 is 0. The van der Waals surface area contributed by atoms with Crippen LogP contribution in [-0.4, -0.2) is 5.11 Å². The fraction of sp³-hybridized carbons (Fsp3) is 0.500. The standard InChI is InChI=1S/C12H17ClO/c1-2-3-4-8-12(14)10-6-5-7-11(13)9-10/h5-7,9,12,14H,2-4,8H2,1H3/t12-/m0/s1. The minimum atomic E-state index is -0.361. The fourth-order valence-electron chi connectivity index (χ4n) is 1.47. The average Bonchev–Trinajstić information content (AvgIpc) is 2.18. The van der Waals surface area contributed by atoms with E-state index in [0.717, 1.165) is 18.4 Å². The highest BCUT2D eigenvalue weighted by Crippen LogP contribution is 2.22. The molecule has 0 spiro atoms. The highest BCUT2D eigenvalue weighted by atomic mass is 35.5. The first-order valence-electron chi connectivity index (χ1n) is 5.17. The SMILES string of the molecule is CCCCC[C@H](O)c1cccc(Cl)c1. The van der Waals surface area contributed by atoms with Gasteiger partial charge in [-0.05, 0) is 24.1 Å². The van der Waals surface area contributed by atoms with Crippen LogP contribution >= 0.6 is 11.6 Å². The van der Waals surface area contributed by atoms with Crippen molar-refractivity contribution >= 4 is 11.6 Å². The summed E-state index contributed by atoms with van der Waals surface area (Å²) in [5, 5.41) is 10.5. The number of unbranched alkanes of at least 4 members (excludes halogenated alkanes) is 2. The molecule has 0 amide bonds. The Morgan fingerprint density at radius 2 is 2.14 bits per heavy atom. The Morgan fingerprint density at radius 3 is 2.79 bits per heavy atom. The molecule has 0 heterocycles. The Hall–Kier alpha value is -0.530. The van der Waals surface area contributed by atoms with Crippen molar-refractivity contribution in [2.45, 2.75) is 38.7 Å². The third kappa shape index (κ3) is 3.69. The van der Waals surface area contributed by atoms with Crippen LogP contribution in [0.5, 0.6) is 0 Å². The maximum Gasteiger partial charge on any atom is 0.0790 e. The van der Waals surface area contributed by atoms with Gasteiger partial charge < -0.3 is 5.11 Å². The largest absolute Gasteiger partial charge is 0.388 e. The molecule has 0 aromatic heterocycles. The smallest absolute Gasteiger partial charge is 0.0790 e. The van der Waals surface area contributed by atoms with E-state index in [2.05, 4.69) is 6.92 Å². The van der Waals surface area contributed by atoms with Crippen LogP contribution in [0.25, 0.3) is 0 Å². The van der Waals surface area contributed by atoms with Crippen LogP contribution in [-0.2, 0) is 0 Å². The van der Waals surface area contributed by atoms with E-state index in [9.17, 15) is 5.11 Å². The highest BCUT2D eigenvalue weighted by Gasteiger charge is 2.06. The highest BCUT2D eigenvalue weighted by molar-refractivity contribution is 6.30. The topological polar surface area (TPSA) is 20.2 Å². The van der Waals surface area contributed by atoms with E-state index in [1.165, 1.54) is 12.8 Å². The number of aliphatic hydroxyl groups excluding tert-OH is 1. The molecule has 0 fully saturated rings. The van der Waals surface area contributed by atoms with Gasteiger partial charge in [-0.3, -0.25) is 0 Å². The molecule has 1 aromatic carbocycles. The number of rotatable bonds is 5. The second-order valence-corrected chi connectivity index (χ2v) is 4.00. The molecule has 2 heteroatoms. The monoisotopic (exact) mass is 212 g/mol. The van der Waals surface area contributed by atoms with Gasteiger partial charge in [0.1, 0.15) is 0 Å². The third-order valence-corrected chi connectivity index (χ3v) is 2.55. The van der Waals surface area contributed by atoms with Crippen molar-refractivity contribution in [1.29, 1.82) is 0 Å².